The normalized spacial score (nSPS) is 28.9. The van der Waals surface area contributed by atoms with Crippen molar-refractivity contribution in [2.75, 3.05) is 14.2 Å². The van der Waals surface area contributed by atoms with Gasteiger partial charge in [-0.2, -0.15) is 0 Å². The maximum atomic E-state index is 13.1. The Hall–Kier alpha value is -2.36. The molecule has 3 rings (SSSR count). The highest BCUT2D eigenvalue weighted by atomic mass is 16.5. The number of hydrogen-bond donors (Lipinski definition) is 0. The molecule has 0 spiro atoms. The van der Waals surface area contributed by atoms with Gasteiger partial charge in [0, 0.05) is 5.92 Å². The van der Waals surface area contributed by atoms with Gasteiger partial charge in [-0.25, -0.2) is 0 Å². The standard InChI is InChI=1S/C23H28O4/c1-15-6-9-20-22(2,3)11-10-21(25)23(20,14-24)18(15)13-16-12-17(26-4)7-8-19(16)27-5/h6-8,10-12,14,18,20H,9,13H2,1-5H3/t18-,20+,23+/m1/s1. The van der Waals surface area contributed by atoms with E-state index < -0.39 is 5.41 Å². The fourth-order valence-electron chi connectivity index (χ4n) is 4.89. The molecule has 144 valence electrons. The van der Waals surface area contributed by atoms with Crippen LogP contribution in [-0.2, 0) is 16.0 Å². The molecule has 0 amide bonds. The molecule has 0 fully saturated rings. The van der Waals surface area contributed by atoms with Crippen molar-refractivity contribution in [2.24, 2.45) is 22.7 Å². The highest BCUT2D eigenvalue weighted by Crippen LogP contribution is 2.56. The number of ketones is 1. The van der Waals surface area contributed by atoms with E-state index in [4.69, 9.17) is 9.47 Å². The van der Waals surface area contributed by atoms with Crippen LogP contribution in [0.5, 0.6) is 11.5 Å². The minimum Gasteiger partial charge on any atom is -0.497 e. The first kappa shape index (κ1) is 19.4. The van der Waals surface area contributed by atoms with Gasteiger partial charge >= 0.3 is 0 Å². The number of benzene rings is 1. The van der Waals surface area contributed by atoms with Crippen molar-refractivity contribution in [3.05, 3.63) is 47.6 Å². The number of ether oxygens (including phenoxy) is 2. The van der Waals surface area contributed by atoms with Crippen LogP contribution >= 0.6 is 0 Å². The van der Waals surface area contributed by atoms with Crippen LogP contribution in [0, 0.1) is 22.7 Å². The Morgan fingerprint density at radius 2 is 1.96 bits per heavy atom. The topological polar surface area (TPSA) is 52.6 Å². The van der Waals surface area contributed by atoms with Crippen molar-refractivity contribution in [2.45, 2.75) is 33.6 Å². The second-order valence-electron chi connectivity index (χ2n) is 8.24. The molecule has 0 unspecified atom stereocenters. The molecule has 0 saturated carbocycles. The maximum absolute atomic E-state index is 13.1. The van der Waals surface area contributed by atoms with E-state index in [9.17, 15) is 9.59 Å². The molecule has 0 N–H and O–H groups in total. The summed E-state index contributed by atoms with van der Waals surface area (Å²) in [5.41, 5.74) is 0.771. The largest absolute Gasteiger partial charge is 0.497 e. The summed E-state index contributed by atoms with van der Waals surface area (Å²) in [6, 6.07) is 5.65. The molecule has 0 aromatic heterocycles. The lowest BCUT2D eigenvalue weighted by Crippen LogP contribution is -2.55. The monoisotopic (exact) mass is 368 g/mol. The number of rotatable bonds is 5. The Morgan fingerprint density at radius 3 is 2.59 bits per heavy atom. The van der Waals surface area contributed by atoms with E-state index in [0.29, 0.717) is 6.42 Å². The third kappa shape index (κ3) is 3.01. The fraction of sp³-hybridized carbons (Fsp3) is 0.478. The van der Waals surface area contributed by atoms with Gasteiger partial charge in [-0.1, -0.05) is 31.6 Å². The van der Waals surface area contributed by atoms with E-state index in [2.05, 4.69) is 19.9 Å². The molecule has 1 aromatic rings. The first-order valence-corrected chi connectivity index (χ1v) is 9.37. The number of carbonyl (C=O) groups excluding carboxylic acids is 2. The molecule has 27 heavy (non-hydrogen) atoms. The van der Waals surface area contributed by atoms with E-state index in [-0.39, 0.29) is 23.0 Å². The van der Waals surface area contributed by atoms with Gasteiger partial charge in [-0.15, -0.1) is 0 Å². The summed E-state index contributed by atoms with van der Waals surface area (Å²) >= 11 is 0. The van der Waals surface area contributed by atoms with Crippen molar-refractivity contribution < 1.29 is 19.1 Å². The van der Waals surface area contributed by atoms with E-state index >= 15 is 0 Å². The summed E-state index contributed by atoms with van der Waals surface area (Å²) in [6.07, 6.45) is 7.96. The van der Waals surface area contributed by atoms with Gasteiger partial charge in [-0.05, 0) is 60.9 Å². The Balaban J connectivity index is 2.12. The van der Waals surface area contributed by atoms with Gasteiger partial charge in [0.05, 0.1) is 19.6 Å². The third-order valence-corrected chi connectivity index (χ3v) is 6.47. The summed E-state index contributed by atoms with van der Waals surface area (Å²) < 4.78 is 10.9. The van der Waals surface area contributed by atoms with Gasteiger partial charge < -0.3 is 14.3 Å². The molecule has 0 aliphatic heterocycles. The third-order valence-electron chi connectivity index (χ3n) is 6.47. The zero-order chi connectivity index (χ0) is 19.8. The zero-order valence-corrected chi connectivity index (χ0v) is 16.7. The van der Waals surface area contributed by atoms with E-state index in [1.807, 2.05) is 31.2 Å². The van der Waals surface area contributed by atoms with Crippen molar-refractivity contribution in [1.29, 1.82) is 0 Å². The second kappa shape index (κ2) is 6.99. The Morgan fingerprint density at radius 1 is 1.22 bits per heavy atom. The molecule has 2 aliphatic rings. The van der Waals surface area contributed by atoms with Crippen LogP contribution in [0.15, 0.2) is 42.0 Å². The summed E-state index contributed by atoms with van der Waals surface area (Å²) in [5.74, 6) is 1.14. The number of fused-ring (bicyclic) bond motifs is 1. The lowest BCUT2D eigenvalue weighted by Gasteiger charge is -2.51. The van der Waals surface area contributed by atoms with Crippen molar-refractivity contribution in [3.63, 3.8) is 0 Å². The molecule has 1 aromatic carbocycles. The average Bonchev–Trinajstić information content (AvgIpc) is 2.66. The van der Waals surface area contributed by atoms with Gasteiger partial charge in [0.2, 0.25) is 0 Å². The minimum absolute atomic E-state index is 0.0506. The number of carbonyl (C=O) groups is 2. The summed E-state index contributed by atoms with van der Waals surface area (Å²) in [6.45, 7) is 6.24. The first-order valence-electron chi connectivity index (χ1n) is 9.37. The number of allylic oxidation sites excluding steroid dienone is 4. The summed E-state index contributed by atoms with van der Waals surface area (Å²) in [7, 11) is 3.25. The van der Waals surface area contributed by atoms with E-state index in [1.165, 1.54) is 0 Å². The Bertz CT molecular complexity index is 818. The molecule has 0 heterocycles. The van der Waals surface area contributed by atoms with Crippen LogP contribution in [0.4, 0.5) is 0 Å². The average molecular weight is 368 g/mol. The van der Waals surface area contributed by atoms with E-state index in [0.717, 1.165) is 35.3 Å². The highest BCUT2D eigenvalue weighted by Gasteiger charge is 2.58. The predicted molar refractivity (Wildman–Crippen MR) is 105 cm³/mol. The van der Waals surface area contributed by atoms with Crippen LogP contribution in [0.1, 0.15) is 32.8 Å². The molecule has 4 heteroatoms. The molecule has 4 nitrogen and oxygen atoms in total. The molecule has 3 atom stereocenters. The van der Waals surface area contributed by atoms with Crippen LogP contribution in [0.3, 0.4) is 0 Å². The minimum atomic E-state index is -1.04. The number of aldehydes is 1. The van der Waals surface area contributed by atoms with Crippen LogP contribution in [-0.4, -0.2) is 26.3 Å². The van der Waals surface area contributed by atoms with Crippen molar-refractivity contribution in [1.82, 2.24) is 0 Å². The van der Waals surface area contributed by atoms with Gasteiger partial charge in [-0.3, -0.25) is 4.79 Å². The van der Waals surface area contributed by atoms with Crippen LogP contribution in [0.25, 0.3) is 0 Å². The molecule has 0 saturated heterocycles. The van der Waals surface area contributed by atoms with Crippen LogP contribution < -0.4 is 9.47 Å². The lowest BCUT2D eigenvalue weighted by molar-refractivity contribution is -0.143. The van der Waals surface area contributed by atoms with E-state index in [1.54, 1.807) is 20.3 Å². The van der Waals surface area contributed by atoms with Gasteiger partial charge in [0.1, 0.15) is 17.8 Å². The van der Waals surface area contributed by atoms with Crippen molar-refractivity contribution >= 4 is 12.1 Å². The Labute approximate surface area is 161 Å². The highest BCUT2D eigenvalue weighted by molar-refractivity contribution is 6.07. The molecule has 0 radical (unpaired) electrons. The lowest BCUT2D eigenvalue weighted by atomic mass is 9.49. The molecular formula is C23H28O4. The first-order chi connectivity index (χ1) is 12.8. The smallest absolute Gasteiger partial charge is 0.169 e. The van der Waals surface area contributed by atoms with Gasteiger partial charge in [0.25, 0.3) is 0 Å². The SMILES string of the molecule is COc1ccc(OC)c(C[C@@H]2C(C)=CC[C@H]3C(C)(C)C=CC(=O)[C@@]23C=O)c1. The number of hydrogen-bond acceptors (Lipinski definition) is 4. The summed E-state index contributed by atoms with van der Waals surface area (Å²) in [5, 5.41) is 0. The van der Waals surface area contributed by atoms with Gasteiger partial charge in [0.15, 0.2) is 5.78 Å². The second-order valence-corrected chi connectivity index (χ2v) is 8.24. The zero-order valence-electron chi connectivity index (χ0n) is 16.7. The van der Waals surface area contributed by atoms with Crippen molar-refractivity contribution in [3.8, 4) is 11.5 Å². The fourth-order valence-corrected chi connectivity index (χ4v) is 4.89. The number of methoxy groups -OCH3 is 2. The molecule has 2 aliphatic carbocycles. The molecular weight excluding hydrogens is 340 g/mol. The maximum Gasteiger partial charge on any atom is 0.169 e. The Kier molecular flexibility index (Phi) is 5.02. The quantitative estimate of drug-likeness (QED) is 0.444. The van der Waals surface area contributed by atoms with Crippen LogP contribution in [0.2, 0.25) is 0 Å². The predicted octanol–water partition coefficient (Wildman–Crippen LogP) is 4.18. The summed E-state index contributed by atoms with van der Waals surface area (Å²) in [4.78, 5) is 25.6. The molecule has 0 bridgehead atoms.